The molecule has 3 heterocycles. The predicted molar refractivity (Wildman–Crippen MR) is 108 cm³/mol. The molecule has 148 valence electrons. The highest BCUT2D eigenvalue weighted by Gasteiger charge is 2.15. The van der Waals surface area contributed by atoms with Gasteiger partial charge in [0.05, 0.1) is 5.69 Å². The van der Waals surface area contributed by atoms with Crippen LogP contribution in [0.4, 0.5) is 0 Å². The summed E-state index contributed by atoms with van der Waals surface area (Å²) < 4.78 is 3.57. The minimum atomic E-state index is -0.357. The summed E-state index contributed by atoms with van der Waals surface area (Å²) in [5.74, 6) is 1.29. The van der Waals surface area contributed by atoms with Crippen LogP contribution in [0, 0.1) is 12.8 Å². The number of fused-ring (bicyclic) bond motifs is 1. The quantitative estimate of drug-likeness (QED) is 0.579. The molecular weight excluding hydrogens is 376 g/mol. The summed E-state index contributed by atoms with van der Waals surface area (Å²) in [5.41, 5.74) is 7.47. The topological polar surface area (TPSA) is 108 Å². The van der Waals surface area contributed by atoms with Crippen LogP contribution in [0.5, 0.6) is 0 Å². The fraction of sp³-hybridized carbons (Fsp3) is 0.421. The Balaban J connectivity index is 1.84. The first-order valence-corrected chi connectivity index (χ1v) is 10.1. The highest BCUT2D eigenvalue weighted by atomic mass is 32.2. The van der Waals surface area contributed by atoms with E-state index >= 15 is 0 Å². The van der Waals surface area contributed by atoms with E-state index in [2.05, 4.69) is 29.0 Å². The van der Waals surface area contributed by atoms with Crippen molar-refractivity contribution in [3.8, 4) is 0 Å². The Labute approximate surface area is 167 Å². The van der Waals surface area contributed by atoms with E-state index in [0.717, 1.165) is 23.1 Å². The van der Waals surface area contributed by atoms with Crippen molar-refractivity contribution in [2.75, 3.05) is 0 Å². The van der Waals surface area contributed by atoms with Crippen LogP contribution in [0.25, 0.3) is 5.65 Å². The van der Waals surface area contributed by atoms with Crippen LogP contribution in [0.2, 0.25) is 0 Å². The van der Waals surface area contributed by atoms with E-state index in [-0.39, 0.29) is 17.9 Å². The summed E-state index contributed by atoms with van der Waals surface area (Å²) in [6, 6.07) is 5.32. The number of thioether (sulfide) groups is 1. The molecule has 0 spiro atoms. The highest BCUT2D eigenvalue weighted by molar-refractivity contribution is 7.98. The largest absolute Gasteiger partial charge is 0.370 e. The molecule has 3 aromatic heterocycles. The number of carbonyl (C=O) groups excluding carboxylic acids is 1. The molecule has 8 nitrogen and oxygen atoms in total. The second-order valence-corrected chi connectivity index (χ2v) is 8.07. The second-order valence-electron chi connectivity index (χ2n) is 7.13. The van der Waals surface area contributed by atoms with Gasteiger partial charge in [0.2, 0.25) is 5.91 Å². The summed E-state index contributed by atoms with van der Waals surface area (Å²) in [7, 11) is 0. The minimum absolute atomic E-state index is 0.102. The normalized spacial score (nSPS) is 11.4. The number of rotatable bonds is 8. The van der Waals surface area contributed by atoms with Crippen LogP contribution in [0.15, 0.2) is 34.3 Å². The average Bonchev–Trinajstić information content (AvgIpc) is 3.00. The number of nitrogens with zero attached hydrogens (tertiary/aromatic N) is 5. The smallest absolute Gasteiger partial charge is 0.258 e. The van der Waals surface area contributed by atoms with Gasteiger partial charge in [0.25, 0.3) is 5.56 Å². The highest BCUT2D eigenvalue weighted by Crippen LogP contribution is 2.23. The van der Waals surface area contributed by atoms with Crippen molar-refractivity contribution in [1.29, 1.82) is 0 Å². The molecule has 0 aliphatic heterocycles. The van der Waals surface area contributed by atoms with Gasteiger partial charge in [0.1, 0.15) is 11.5 Å². The van der Waals surface area contributed by atoms with E-state index in [1.165, 1.54) is 11.8 Å². The summed E-state index contributed by atoms with van der Waals surface area (Å²) >= 11 is 1.48. The third-order valence-corrected chi connectivity index (χ3v) is 5.22. The number of primary amides is 1. The Kier molecular flexibility index (Phi) is 6.13. The maximum Gasteiger partial charge on any atom is 0.258 e. The lowest BCUT2D eigenvalue weighted by atomic mass is 10.2. The molecule has 0 aliphatic rings. The molecular formula is C19H24N6O2S. The standard InChI is InChI=1S/C19H24N6O2S/c1-12(2)10-25-16(7-6-15(20)26)22-23-19(25)28-11-14-9-17(27)24-8-4-5-13(3)18(24)21-14/h4-5,8-9,12H,6-7,10-11H2,1-3H3,(H2,20,26). The fourth-order valence-electron chi connectivity index (χ4n) is 2.92. The lowest BCUT2D eigenvalue weighted by Crippen LogP contribution is -2.16. The number of aromatic nitrogens is 5. The average molecular weight is 401 g/mol. The molecule has 0 bridgehead atoms. The second kappa shape index (κ2) is 8.55. The molecule has 0 fully saturated rings. The summed E-state index contributed by atoms with van der Waals surface area (Å²) in [6.45, 7) is 6.90. The Morgan fingerprint density at radius 2 is 2.11 bits per heavy atom. The number of carbonyl (C=O) groups is 1. The van der Waals surface area contributed by atoms with E-state index in [1.54, 1.807) is 16.7 Å². The van der Waals surface area contributed by atoms with Gasteiger partial charge in [0.15, 0.2) is 5.16 Å². The van der Waals surface area contributed by atoms with Gasteiger partial charge in [-0.25, -0.2) is 4.98 Å². The third kappa shape index (κ3) is 4.59. The van der Waals surface area contributed by atoms with Crippen molar-refractivity contribution in [1.82, 2.24) is 24.1 Å². The van der Waals surface area contributed by atoms with Crippen LogP contribution in [0.3, 0.4) is 0 Å². The molecule has 9 heteroatoms. The van der Waals surface area contributed by atoms with Crippen molar-refractivity contribution < 1.29 is 4.79 Å². The molecule has 0 radical (unpaired) electrons. The summed E-state index contributed by atoms with van der Waals surface area (Å²) in [6.07, 6.45) is 2.42. The molecule has 0 unspecified atom stereocenters. The Bertz CT molecular complexity index is 1060. The van der Waals surface area contributed by atoms with Gasteiger partial charge in [-0.05, 0) is 24.5 Å². The number of hydrogen-bond acceptors (Lipinski definition) is 6. The van der Waals surface area contributed by atoms with Crippen LogP contribution in [-0.4, -0.2) is 30.1 Å². The molecule has 0 saturated carbocycles. The molecule has 3 aromatic rings. The van der Waals surface area contributed by atoms with Gasteiger partial charge >= 0.3 is 0 Å². The molecule has 28 heavy (non-hydrogen) atoms. The number of pyridine rings is 1. The van der Waals surface area contributed by atoms with Crippen LogP contribution >= 0.6 is 11.8 Å². The zero-order valence-electron chi connectivity index (χ0n) is 16.3. The van der Waals surface area contributed by atoms with Crippen molar-refractivity contribution in [3.05, 3.63) is 51.8 Å². The first-order chi connectivity index (χ1) is 13.3. The summed E-state index contributed by atoms with van der Waals surface area (Å²) in [5, 5.41) is 9.26. The molecule has 0 aliphatic carbocycles. The Morgan fingerprint density at radius 3 is 2.82 bits per heavy atom. The molecule has 0 atom stereocenters. The van der Waals surface area contributed by atoms with Gasteiger partial charge in [-0.15, -0.1) is 10.2 Å². The van der Waals surface area contributed by atoms with Crippen molar-refractivity contribution in [2.24, 2.45) is 11.7 Å². The SMILES string of the molecule is Cc1cccn2c(=O)cc(CSc3nnc(CCC(N)=O)n3CC(C)C)nc12. The maximum absolute atomic E-state index is 12.4. The first kappa shape index (κ1) is 20.1. The molecule has 0 saturated heterocycles. The lowest BCUT2D eigenvalue weighted by molar-refractivity contribution is -0.118. The van der Waals surface area contributed by atoms with Gasteiger partial charge < -0.3 is 10.3 Å². The number of aryl methyl sites for hydroxylation is 2. The van der Waals surface area contributed by atoms with Gasteiger partial charge in [0, 0.05) is 37.4 Å². The van der Waals surface area contributed by atoms with Crippen LogP contribution in [0.1, 0.15) is 37.4 Å². The number of amides is 1. The lowest BCUT2D eigenvalue weighted by Gasteiger charge is -2.12. The molecule has 3 rings (SSSR count). The van der Waals surface area contributed by atoms with Crippen molar-refractivity contribution in [3.63, 3.8) is 0 Å². The Hall–Kier alpha value is -2.68. The minimum Gasteiger partial charge on any atom is -0.370 e. The zero-order chi connectivity index (χ0) is 20.3. The number of hydrogen-bond donors (Lipinski definition) is 1. The monoisotopic (exact) mass is 400 g/mol. The van der Waals surface area contributed by atoms with Crippen molar-refractivity contribution in [2.45, 2.75) is 51.1 Å². The van der Waals surface area contributed by atoms with E-state index in [4.69, 9.17) is 5.73 Å². The molecule has 2 N–H and O–H groups in total. The van der Waals surface area contributed by atoms with Crippen molar-refractivity contribution >= 4 is 23.3 Å². The van der Waals surface area contributed by atoms with Crippen LogP contribution < -0.4 is 11.3 Å². The van der Waals surface area contributed by atoms with Gasteiger partial charge in [-0.1, -0.05) is 31.7 Å². The van der Waals surface area contributed by atoms with Gasteiger partial charge in [-0.2, -0.15) is 0 Å². The first-order valence-electron chi connectivity index (χ1n) is 9.16. The maximum atomic E-state index is 12.4. The van der Waals surface area contributed by atoms with E-state index < -0.39 is 0 Å². The molecule has 0 aromatic carbocycles. The third-order valence-electron chi connectivity index (χ3n) is 4.22. The van der Waals surface area contributed by atoms with E-state index in [9.17, 15) is 9.59 Å². The fourth-order valence-corrected chi connectivity index (χ4v) is 3.77. The van der Waals surface area contributed by atoms with E-state index in [0.29, 0.717) is 29.4 Å². The molecule has 1 amide bonds. The Morgan fingerprint density at radius 1 is 1.32 bits per heavy atom. The summed E-state index contributed by atoms with van der Waals surface area (Å²) in [4.78, 5) is 28.1. The van der Waals surface area contributed by atoms with E-state index in [1.807, 2.05) is 23.6 Å². The van der Waals surface area contributed by atoms with Crippen LogP contribution in [-0.2, 0) is 23.5 Å². The number of nitrogens with two attached hydrogens (primary N) is 1. The zero-order valence-corrected chi connectivity index (χ0v) is 17.1. The van der Waals surface area contributed by atoms with Gasteiger partial charge in [-0.3, -0.25) is 14.0 Å². The predicted octanol–water partition coefficient (Wildman–Crippen LogP) is 1.96.